The number of rotatable bonds is 4. The molecule has 0 aliphatic rings. The Hall–Kier alpha value is -1.91. The molecule has 0 aromatic heterocycles. The lowest BCUT2D eigenvalue weighted by molar-refractivity contribution is 0.0535. The third-order valence-electron chi connectivity index (χ3n) is 1.86. The molecule has 0 bridgehead atoms. The average Bonchev–Trinajstić information content (AvgIpc) is 2.28. The van der Waals surface area contributed by atoms with Crippen LogP contribution in [0.5, 0.6) is 11.5 Å². The number of hydrogen-bond donors (Lipinski definition) is 1. The summed E-state index contributed by atoms with van der Waals surface area (Å²) in [6.45, 7) is 2.05. The molecule has 5 nitrogen and oxygen atoms in total. The van der Waals surface area contributed by atoms with Gasteiger partial charge in [0, 0.05) is 0 Å². The third kappa shape index (κ3) is 3.34. The molecule has 1 rings (SSSR count). The zero-order chi connectivity index (χ0) is 12.0. The summed E-state index contributed by atoms with van der Waals surface area (Å²) >= 11 is 0. The number of ether oxygens (including phenoxy) is 3. The van der Waals surface area contributed by atoms with Gasteiger partial charge >= 0.3 is 6.16 Å². The number of benzene rings is 1. The second-order valence-electron chi connectivity index (χ2n) is 2.98. The maximum atomic E-state index is 10.9. The zero-order valence-electron chi connectivity index (χ0n) is 9.23. The van der Waals surface area contributed by atoms with E-state index in [1.165, 1.54) is 13.2 Å². The van der Waals surface area contributed by atoms with Gasteiger partial charge in [-0.25, -0.2) is 4.79 Å². The maximum Gasteiger partial charge on any atom is 0.508 e. The van der Waals surface area contributed by atoms with E-state index in [9.17, 15) is 9.90 Å². The van der Waals surface area contributed by atoms with Gasteiger partial charge in [0.2, 0.25) is 0 Å². The molecule has 0 unspecified atom stereocenters. The summed E-state index contributed by atoms with van der Waals surface area (Å²) in [5, 5.41) is 9.34. The van der Waals surface area contributed by atoms with Gasteiger partial charge in [0.15, 0.2) is 11.5 Å². The van der Waals surface area contributed by atoms with Gasteiger partial charge in [-0.05, 0) is 24.6 Å². The number of carbonyl (C=O) groups is 1. The van der Waals surface area contributed by atoms with E-state index in [4.69, 9.17) is 9.47 Å². The molecule has 0 atom stereocenters. The first-order valence-electron chi connectivity index (χ1n) is 4.82. The van der Waals surface area contributed by atoms with Crippen molar-refractivity contribution in [1.82, 2.24) is 0 Å². The summed E-state index contributed by atoms with van der Waals surface area (Å²) in [5.74, 6) is 0.382. The Balaban J connectivity index is 2.57. The molecule has 0 amide bonds. The molecule has 0 heterocycles. The minimum absolute atomic E-state index is 0.0439. The van der Waals surface area contributed by atoms with Gasteiger partial charge < -0.3 is 19.3 Å². The molecule has 0 radical (unpaired) electrons. The van der Waals surface area contributed by atoms with Crippen molar-refractivity contribution in [3.8, 4) is 11.5 Å². The minimum Gasteiger partial charge on any atom is -0.504 e. The molecule has 1 aromatic rings. The molecule has 0 spiro atoms. The fraction of sp³-hybridized carbons (Fsp3) is 0.364. The lowest BCUT2D eigenvalue weighted by Crippen LogP contribution is -2.06. The Labute approximate surface area is 93.6 Å². The molecule has 88 valence electrons. The standard InChI is InChI=1S/C11H14O5/c1-3-15-11(13)16-7-8-4-5-9(12)10(6-8)14-2/h4-6,12H,3,7H2,1-2H3. The van der Waals surface area contributed by atoms with Crippen LogP contribution in [0.3, 0.4) is 0 Å². The Morgan fingerprint density at radius 3 is 2.75 bits per heavy atom. The van der Waals surface area contributed by atoms with E-state index in [1.54, 1.807) is 19.1 Å². The Kier molecular flexibility index (Phi) is 4.44. The first-order chi connectivity index (χ1) is 7.67. The van der Waals surface area contributed by atoms with Crippen molar-refractivity contribution >= 4 is 6.16 Å². The molecule has 5 heteroatoms. The predicted octanol–water partition coefficient (Wildman–Crippen LogP) is 2.07. The van der Waals surface area contributed by atoms with Crippen LogP contribution in [0.25, 0.3) is 0 Å². The molecular weight excluding hydrogens is 212 g/mol. The summed E-state index contributed by atoms with van der Waals surface area (Å²) < 4.78 is 14.3. The van der Waals surface area contributed by atoms with Crippen molar-refractivity contribution in [1.29, 1.82) is 0 Å². The van der Waals surface area contributed by atoms with Crippen LogP contribution in [0.1, 0.15) is 12.5 Å². The highest BCUT2D eigenvalue weighted by Gasteiger charge is 2.06. The topological polar surface area (TPSA) is 65.0 Å². The van der Waals surface area contributed by atoms with Crippen LogP contribution < -0.4 is 4.74 Å². The van der Waals surface area contributed by atoms with Crippen LogP contribution in [0.4, 0.5) is 4.79 Å². The Morgan fingerprint density at radius 1 is 1.38 bits per heavy atom. The lowest BCUT2D eigenvalue weighted by atomic mass is 10.2. The zero-order valence-corrected chi connectivity index (χ0v) is 9.23. The molecule has 16 heavy (non-hydrogen) atoms. The highest BCUT2D eigenvalue weighted by molar-refractivity contribution is 5.59. The molecule has 0 fully saturated rings. The van der Waals surface area contributed by atoms with E-state index < -0.39 is 6.16 Å². The minimum atomic E-state index is -0.713. The first kappa shape index (κ1) is 12.2. The Morgan fingerprint density at radius 2 is 2.12 bits per heavy atom. The first-order valence-corrected chi connectivity index (χ1v) is 4.82. The molecule has 0 aliphatic heterocycles. The predicted molar refractivity (Wildman–Crippen MR) is 56.5 cm³/mol. The molecular formula is C11H14O5. The largest absolute Gasteiger partial charge is 0.508 e. The van der Waals surface area contributed by atoms with Crippen molar-refractivity contribution in [2.75, 3.05) is 13.7 Å². The maximum absolute atomic E-state index is 10.9. The van der Waals surface area contributed by atoms with E-state index in [1.807, 2.05) is 0 Å². The quantitative estimate of drug-likeness (QED) is 0.796. The van der Waals surface area contributed by atoms with Crippen molar-refractivity contribution in [2.45, 2.75) is 13.5 Å². The fourth-order valence-corrected chi connectivity index (χ4v) is 1.11. The molecule has 1 N–H and O–H groups in total. The van der Waals surface area contributed by atoms with Gasteiger partial charge in [0.1, 0.15) is 6.61 Å². The lowest BCUT2D eigenvalue weighted by Gasteiger charge is -2.07. The molecule has 0 saturated heterocycles. The van der Waals surface area contributed by atoms with Gasteiger partial charge in [-0.15, -0.1) is 0 Å². The van der Waals surface area contributed by atoms with Gasteiger partial charge in [-0.1, -0.05) is 6.07 Å². The van der Waals surface area contributed by atoms with Crippen molar-refractivity contribution in [3.63, 3.8) is 0 Å². The van der Waals surface area contributed by atoms with Crippen LogP contribution in [0.15, 0.2) is 18.2 Å². The van der Waals surface area contributed by atoms with E-state index in [0.29, 0.717) is 11.3 Å². The Bertz CT molecular complexity index is 361. The van der Waals surface area contributed by atoms with Crippen LogP contribution >= 0.6 is 0 Å². The van der Waals surface area contributed by atoms with Crippen molar-refractivity contribution in [3.05, 3.63) is 23.8 Å². The number of hydrogen-bond acceptors (Lipinski definition) is 5. The molecule has 0 aliphatic carbocycles. The van der Waals surface area contributed by atoms with Gasteiger partial charge in [-0.2, -0.15) is 0 Å². The number of aromatic hydroxyl groups is 1. The van der Waals surface area contributed by atoms with Gasteiger partial charge in [0.05, 0.1) is 13.7 Å². The summed E-state index contributed by atoms with van der Waals surface area (Å²) in [5.41, 5.74) is 0.711. The van der Waals surface area contributed by atoms with Crippen LogP contribution in [0, 0.1) is 0 Å². The molecule has 1 aromatic carbocycles. The van der Waals surface area contributed by atoms with Crippen LogP contribution in [-0.4, -0.2) is 25.0 Å². The number of carbonyl (C=O) groups excluding carboxylic acids is 1. The number of phenols is 1. The van der Waals surface area contributed by atoms with Crippen molar-refractivity contribution < 1.29 is 24.1 Å². The van der Waals surface area contributed by atoms with E-state index >= 15 is 0 Å². The second-order valence-corrected chi connectivity index (χ2v) is 2.98. The third-order valence-corrected chi connectivity index (χ3v) is 1.86. The SMILES string of the molecule is CCOC(=O)OCc1ccc(O)c(OC)c1. The monoisotopic (exact) mass is 226 g/mol. The van der Waals surface area contributed by atoms with E-state index in [2.05, 4.69) is 4.74 Å². The summed E-state index contributed by atoms with van der Waals surface area (Å²) in [7, 11) is 1.45. The van der Waals surface area contributed by atoms with Gasteiger partial charge in [0.25, 0.3) is 0 Å². The smallest absolute Gasteiger partial charge is 0.504 e. The summed E-state index contributed by atoms with van der Waals surface area (Å²) in [6, 6.07) is 4.70. The fourth-order valence-electron chi connectivity index (χ4n) is 1.11. The second kappa shape index (κ2) is 5.85. The molecule has 0 saturated carbocycles. The van der Waals surface area contributed by atoms with Gasteiger partial charge in [-0.3, -0.25) is 0 Å². The van der Waals surface area contributed by atoms with E-state index in [-0.39, 0.29) is 19.0 Å². The summed E-state index contributed by atoms with van der Waals surface area (Å²) in [4.78, 5) is 10.9. The van der Waals surface area contributed by atoms with E-state index in [0.717, 1.165) is 0 Å². The number of phenolic OH excluding ortho intramolecular Hbond substituents is 1. The van der Waals surface area contributed by atoms with Crippen LogP contribution in [-0.2, 0) is 16.1 Å². The highest BCUT2D eigenvalue weighted by atomic mass is 16.7. The van der Waals surface area contributed by atoms with Crippen LogP contribution in [0.2, 0.25) is 0 Å². The normalized spacial score (nSPS) is 9.62. The number of methoxy groups -OCH3 is 1. The highest BCUT2D eigenvalue weighted by Crippen LogP contribution is 2.26. The average molecular weight is 226 g/mol. The summed E-state index contributed by atoms with van der Waals surface area (Å²) in [6.07, 6.45) is -0.713. The van der Waals surface area contributed by atoms with Crippen molar-refractivity contribution in [2.24, 2.45) is 0 Å².